The Bertz CT molecular complexity index is 612. The summed E-state index contributed by atoms with van der Waals surface area (Å²) in [5, 5.41) is 4.17. The van der Waals surface area contributed by atoms with Gasteiger partial charge in [-0.1, -0.05) is 17.3 Å². The van der Waals surface area contributed by atoms with Gasteiger partial charge in [-0.05, 0) is 45.7 Å². The molecule has 1 atom stereocenters. The van der Waals surface area contributed by atoms with Crippen LogP contribution in [0.5, 0.6) is 0 Å². The fourth-order valence-corrected chi connectivity index (χ4v) is 2.72. The normalized spacial score (nSPS) is 21.3. The molecule has 6 nitrogen and oxygen atoms in total. The molecule has 2 heterocycles. The summed E-state index contributed by atoms with van der Waals surface area (Å²) in [6.07, 6.45) is 1.15. The van der Waals surface area contributed by atoms with Crippen LogP contribution in [0.2, 0.25) is 0 Å². The highest BCUT2D eigenvalue weighted by Gasteiger charge is 2.26. The predicted molar refractivity (Wildman–Crippen MR) is 81.6 cm³/mol. The molecule has 3 rings (SSSR count). The molecule has 21 heavy (non-hydrogen) atoms. The van der Waals surface area contributed by atoms with E-state index in [9.17, 15) is 0 Å². The first-order valence-corrected chi connectivity index (χ1v) is 7.22. The maximum atomic E-state index is 5.97. The van der Waals surface area contributed by atoms with Gasteiger partial charge in [-0.25, -0.2) is 0 Å². The van der Waals surface area contributed by atoms with Crippen LogP contribution in [0, 0.1) is 0 Å². The Morgan fingerprint density at radius 2 is 2.05 bits per heavy atom. The van der Waals surface area contributed by atoms with Crippen molar-refractivity contribution in [3.63, 3.8) is 0 Å². The Hall–Kier alpha value is -1.92. The molecule has 2 aromatic rings. The van der Waals surface area contributed by atoms with Gasteiger partial charge < -0.3 is 15.2 Å². The zero-order valence-electron chi connectivity index (χ0n) is 12.5. The number of hydrogen-bond acceptors (Lipinski definition) is 6. The lowest BCUT2D eigenvalue weighted by Gasteiger charge is -2.24. The van der Waals surface area contributed by atoms with Crippen LogP contribution in [0.4, 0.5) is 5.69 Å². The third kappa shape index (κ3) is 2.91. The SMILES string of the molecule is CN1CCCN(C)C(c2noc(-c3ccccc3N)n2)C1. The quantitative estimate of drug-likeness (QED) is 0.846. The maximum absolute atomic E-state index is 5.97. The van der Waals surface area contributed by atoms with Gasteiger partial charge in [-0.3, -0.25) is 4.90 Å². The number of nitrogens with zero attached hydrogens (tertiary/aromatic N) is 4. The van der Waals surface area contributed by atoms with Crippen LogP contribution in [0.15, 0.2) is 28.8 Å². The molecule has 112 valence electrons. The molecule has 1 unspecified atom stereocenters. The molecule has 6 heteroatoms. The number of benzene rings is 1. The van der Waals surface area contributed by atoms with Gasteiger partial charge in [-0.2, -0.15) is 4.98 Å². The second-order valence-electron chi connectivity index (χ2n) is 5.66. The highest BCUT2D eigenvalue weighted by molar-refractivity contribution is 5.69. The number of hydrogen-bond donors (Lipinski definition) is 1. The molecule has 1 saturated heterocycles. The van der Waals surface area contributed by atoms with E-state index in [1.165, 1.54) is 0 Å². The van der Waals surface area contributed by atoms with E-state index in [1.807, 2.05) is 24.3 Å². The van der Waals surface area contributed by atoms with Crippen LogP contribution in [0.1, 0.15) is 18.3 Å². The lowest BCUT2D eigenvalue weighted by molar-refractivity contribution is 0.215. The average Bonchev–Trinajstić information content (AvgIpc) is 2.88. The van der Waals surface area contributed by atoms with Crippen LogP contribution in [0.25, 0.3) is 11.5 Å². The summed E-state index contributed by atoms with van der Waals surface area (Å²) in [7, 11) is 4.24. The number of nitrogen functional groups attached to an aromatic ring is 1. The number of nitrogens with two attached hydrogens (primary N) is 1. The molecule has 1 aliphatic heterocycles. The summed E-state index contributed by atoms with van der Waals surface area (Å²) >= 11 is 0. The lowest BCUT2D eigenvalue weighted by atomic mass is 10.2. The Labute approximate surface area is 124 Å². The molecule has 1 aromatic carbocycles. The number of aromatic nitrogens is 2. The van der Waals surface area contributed by atoms with Crippen LogP contribution in [-0.2, 0) is 0 Å². The lowest BCUT2D eigenvalue weighted by Crippen LogP contribution is -2.31. The standard InChI is InChI=1S/C15H21N5O/c1-19-8-5-9-20(2)13(10-19)14-17-15(21-18-14)11-6-3-4-7-12(11)16/h3-4,6-7,13H,5,8-10,16H2,1-2H3. The van der Waals surface area contributed by atoms with E-state index >= 15 is 0 Å². The van der Waals surface area contributed by atoms with Gasteiger partial charge in [0.05, 0.1) is 11.6 Å². The molecule has 0 aliphatic carbocycles. The maximum Gasteiger partial charge on any atom is 0.260 e. The molecular formula is C15H21N5O. The highest BCUT2D eigenvalue weighted by atomic mass is 16.5. The molecule has 0 radical (unpaired) electrons. The van der Waals surface area contributed by atoms with E-state index in [0.717, 1.165) is 37.4 Å². The highest BCUT2D eigenvalue weighted by Crippen LogP contribution is 2.27. The van der Waals surface area contributed by atoms with Crippen molar-refractivity contribution in [1.29, 1.82) is 0 Å². The number of anilines is 1. The summed E-state index contributed by atoms with van der Waals surface area (Å²) < 4.78 is 5.42. The fourth-order valence-electron chi connectivity index (χ4n) is 2.72. The second kappa shape index (κ2) is 5.83. The summed E-state index contributed by atoms with van der Waals surface area (Å²) in [4.78, 5) is 9.16. The van der Waals surface area contributed by atoms with Crippen LogP contribution in [0.3, 0.4) is 0 Å². The van der Waals surface area contributed by atoms with Crippen molar-refractivity contribution in [3.8, 4) is 11.5 Å². The molecule has 0 spiro atoms. The van der Waals surface area contributed by atoms with Crippen molar-refractivity contribution in [2.75, 3.05) is 39.5 Å². The van der Waals surface area contributed by atoms with E-state index in [4.69, 9.17) is 10.3 Å². The van der Waals surface area contributed by atoms with E-state index in [2.05, 4.69) is 34.0 Å². The minimum absolute atomic E-state index is 0.153. The first-order chi connectivity index (χ1) is 10.1. The number of rotatable bonds is 2. The van der Waals surface area contributed by atoms with Gasteiger partial charge in [0.2, 0.25) is 0 Å². The smallest absolute Gasteiger partial charge is 0.260 e. The van der Waals surface area contributed by atoms with Gasteiger partial charge in [0.25, 0.3) is 5.89 Å². The van der Waals surface area contributed by atoms with Crippen molar-refractivity contribution >= 4 is 5.69 Å². The molecular weight excluding hydrogens is 266 g/mol. The summed E-state index contributed by atoms with van der Waals surface area (Å²) in [5.74, 6) is 1.22. The molecule has 0 bridgehead atoms. The summed E-state index contributed by atoms with van der Waals surface area (Å²) in [6.45, 7) is 3.03. The molecule has 2 N–H and O–H groups in total. The molecule has 0 amide bonds. The topological polar surface area (TPSA) is 71.4 Å². The minimum atomic E-state index is 0.153. The van der Waals surface area contributed by atoms with Gasteiger partial charge in [0.15, 0.2) is 5.82 Å². The van der Waals surface area contributed by atoms with Crippen LogP contribution in [-0.4, -0.2) is 53.7 Å². The van der Waals surface area contributed by atoms with Crippen molar-refractivity contribution in [3.05, 3.63) is 30.1 Å². The van der Waals surface area contributed by atoms with Crippen molar-refractivity contribution < 1.29 is 4.52 Å². The number of likely N-dealkylation sites (N-methyl/N-ethyl adjacent to an activating group) is 2. The summed E-state index contributed by atoms with van der Waals surface area (Å²) in [5.41, 5.74) is 7.41. The molecule has 1 aromatic heterocycles. The zero-order valence-corrected chi connectivity index (χ0v) is 12.5. The molecule has 1 aliphatic rings. The van der Waals surface area contributed by atoms with Gasteiger partial charge >= 0.3 is 0 Å². The first-order valence-electron chi connectivity index (χ1n) is 7.22. The molecule has 0 saturated carbocycles. The van der Waals surface area contributed by atoms with E-state index in [1.54, 1.807) is 0 Å². The third-order valence-corrected chi connectivity index (χ3v) is 4.00. The third-order valence-electron chi connectivity index (χ3n) is 4.00. The largest absolute Gasteiger partial charge is 0.398 e. The van der Waals surface area contributed by atoms with Gasteiger partial charge in [0.1, 0.15) is 0 Å². The van der Waals surface area contributed by atoms with Crippen molar-refractivity contribution in [2.24, 2.45) is 0 Å². The Morgan fingerprint density at radius 3 is 2.86 bits per heavy atom. The van der Waals surface area contributed by atoms with E-state index in [0.29, 0.717) is 11.6 Å². The van der Waals surface area contributed by atoms with E-state index < -0.39 is 0 Å². The number of para-hydroxylation sites is 1. The van der Waals surface area contributed by atoms with Crippen molar-refractivity contribution in [1.82, 2.24) is 19.9 Å². The Morgan fingerprint density at radius 1 is 1.24 bits per heavy atom. The Kier molecular flexibility index (Phi) is 3.90. The van der Waals surface area contributed by atoms with Crippen LogP contribution >= 0.6 is 0 Å². The summed E-state index contributed by atoms with van der Waals surface area (Å²) in [6, 6.07) is 7.70. The second-order valence-corrected chi connectivity index (χ2v) is 5.66. The Balaban J connectivity index is 1.89. The van der Waals surface area contributed by atoms with E-state index in [-0.39, 0.29) is 6.04 Å². The molecule has 1 fully saturated rings. The predicted octanol–water partition coefficient (Wildman–Crippen LogP) is 1.63. The fraction of sp³-hybridized carbons (Fsp3) is 0.467. The van der Waals surface area contributed by atoms with Gasteiger partial charge in [0, 0.05) is 12.2 Å². The average molecular weight is 287 g/mol. The zero-order chi connectivity index (χ0) is 14.8. The van der Waals surface area contributed by atoms with Crippen LogP contribution < -0.4 is 5.73 Å². The van der Waals surface area contributed by atoms with Crippen molar-refractivity contribution in [2.45, 2.75) is 12.5 Å². The van der Waals surface area contributed by atoms with Gasteiger partial charge in [-0.15, -0.1) is 0 Å². The first kappa shape index (κ1) is 14.0. The monoisotopic (exact) mass is 287 g/mol. The minimum Gasteiger partial charge on any atom is -0.398 e.